The van der Waals surface area contributed by atoms with Gasteiger partial charge in [-0.2, -0.15) is 5.10 Å². The molecule has 1 aliphatic heterocycles. The Morgan fingerprint density at radius 3 is 2.48 bits per heavy atom. The maximum absolute atomic E-state index is 12.4. The van der Waals surface area contributed by atoms with Crippen LogP contribution in [0.2, 0.25) is 0 Å². The van der Waals surface area contributed by atoms with Gasteiger partial charge in [-0.15, -0.1) is 0 Å². The molecule has 0 spiro atoms. The molecule has 27 heavy (non-hydrogen) atoms. The maximum Gasteiger partial charge on any atom is 0.269 e. The number of aromatic amines is 1. The molecule has 144 valence electrons. The van der Waals surface area contributed by atoms with Crippen LogP contribution in [0.1, 0.15) is 60.3 Å². The summed E-state index contributed by atoms with van der Waals surface area (Å²) in [5.74, 6) is 0.877. The van der Waals surface area contributed by atoms with Crippen LogP contribution in [0.3, 0.4) is 0 Å². The number of hydrogen-bond acceptors (Lipinski definition) is 4. The van der Waals surface area contributed by atoms with Gasteiger partial charge < -0.3 is 15.4 Å². The Bertz CT molecular complexity index is 790. The summed E-state index contributed by atoms with van der Waals surface area (Å²) in [6.45, 7) is 5.64. The molecular weight excluding hydrogens is 344 g/mol. The molecule has 1 aromatic carbocycles. The molecular formula is C20H26N4O3. The summed E-state index contributed by atoms with van der Waals surface area (Å²) in [4.78, 5) is 25.4. The van der Waals surface area contributed by atoms with E-state index < -0.39 is 5.91 Å². The lowest BCUT2D eigenvalue weighted by molar-refractivity contribution is -0.134. The van der Waals surface area contributed by atoms with Crippen molar-refractivity contribution in [2.45, 2.75) is 38.5 Å². The zero-order valence-corrected chi connectivity index (χ0v) is 15.8. The van der Waals surface area contributed by atoms with Crippen molar-refractivity contribution in [1.29, 1.82) is 0 Å². The number of carbonyl (C=O) groups is 2. The third-order valence-corrected chi connectivity index (χ3v) is 5.05. The molecule has 2 amide bonds. The van der Waals surface area contributed by atoms with Crippen LogP contribution >= 0.6 is 0 Å². The fourth-order valence-corrected chi connectivity index (χ4v) is 3.30. The van der Waals surface area contributed by atoms with Gasteiger partial charge in [-0.05, 0) is 42.5 Å². The van der Waals surface area contributed by atoms with Crippen molar-refractivity contribution in [3.8, 4) is 5.75 Å². The highest BCUT2D eigenvalue weighted by Gasteiger charge is 2.25. The molecule has 0 aliphatic carbocycles. The van der Waals surface area contributed by atoms with E-state index in [1.807, 2.05) is 29.2 Å². The Balaban J connectivity index is 1.47. The molecule has 3 N–H and O–H groups in total. The predicted octanol–water partition coefficient (Wildman–Crippen LogP) is 2.42. The number of rotatable bonds is 6. The lowest BCUT2D eigenvalue weighted by atomic mass is 9.93. The van der Waals surface area contributed by atoms with E-state index in [1.54, 1.807) is 6.07 Å². The molecule has 3 rings (SSSR count). The number of nitrogens with one attached hydrogen (secondary N) is 1. The number of likely N-dealkylation sites (tertiary alicyclic amines) is 1. The number of amides is 2. The average molecular weight is 370 g/mol. The van der Waals surface area contributed by atoms with Gasteiger partial charge >= 0.3 is 0 Å². The number of aromatic nitrogens is 2. The molecule has 0 bridgehead atoms. The van der Waals surface area contributed by atoms with Gasteiger partial charge in [0.15, 0.2) is 6.61 Å². The average Bonchev–Trinajstić information content (AvgIpc) is 3.17. The zero-order valence-electron chi connectivity index (χ0n) is 15.8. The number of carbonyl (C=O) groups excluding carboxylic acids is 2. The lowest BCUT2D eigenvalue weighted by Gasteiger charge is -2.31. The summed E-state index contributed by atoms with van der Waals surface area (Å²) in [6.07, 6.45) is 1.63. The summed E-state index contributed by atoms with van der Waals surface area (Å²) in [5, 5.41) is 6.81. The molecule has 2 aromatic rings. The molecule has 0 unspecified atom stereocenters. The number of benzene rings is 1. The first-order valence-electron chi connectivity index (χ1n) is 9.29. The van der Waals surface area contributed by atoms with Crippen LogP contribution in [0.15, 0.2) is 30.3 Å². The molecule has 7 nitrogen and oxygen atoms in total. The number of primary amides is 1. The summed E-state index contributed by atoms with van der Waals surface area (Å²) < 4.78 is 5.64. The van der Waals surface area contributed by atoms with Crippen molar-refractivity contribution in [1.82, 2.24) is 15.1 Å². The quantitative estimate of drug-likeness (QED) is 0.815. The Hall–Kier alpha value is -2.83. The van der Waals surface area contributed by atoms with E-state index in [0.29, 0.717) is 24.8 Å². The minimum absolute atomic E-state index is 0.0104. The van der Waals surface area contributed by atoms with E-state index in [1.165, 1.54) is 5.56 Å². The van der Waals surface area contributed by atoms with Crippen LogP contribution in [0.4, 0.5) is 0 Å². The lowest BCUT2D eigenvalue weighted by Crippen LogP contribution is -2.40. The smallest absolute Gasteiger partial charge is 0.269 e. The number of hydrogen-bond donors (Lipinski definition) is 2. The SMILES string of the molecule is CC(C)c1ccc(OCC(=O)N2CCC(c3cc(C(N)=O)n[nH]3)CC2)cc1. The fourth-order valence-electron chi connectivity index (χ4n) is 3.30. The number of piperidine rings is 1. The van der Waals surface area contributed by atoms with E-state index in [2.05, 4.69) is 24.0 Å². The van der Waals surface area contributed by atoms with Gasteiger partial charge in [-0.1, -0.05) is 26.0 Å². The number of nitrogens with two attached hydrogens (primary N) is 1. The van der Waals surface area contributed by atoms with Crippen LogP contribution in [0, 0.1) is 0 Å². The molecule has 1 aromatic heterocycles. The first-order valence-corrected chi connectivity index (χ1v) is 9.29. The second-order valence-corrected chi connectivity index (χ2v) is 7.24. The van der Waals surface area contributed by atoms with Crippen molar-refractivity contribution < 1.29 is 14.3 Å². The van der Waals surface area contributed by atoms with Gasteiger partial charge in [-0.25, -0.2) is 0 Å². The van der Waals surface area contributed by atoms with Gasteiger partial charge in [0, 0.05) is 24.7 Å². The van der Waals surface area contributed by atoms with E-state index >= 15 is 0 Å². The third-order valence-electron chi connectivity index (χ3n) is 5.05. The Morgan fingerprint density at radius 2 is 1.93 bits per heavy atom. The van der Waals surface area contributed by atoms with Crippen molar-refractivity contribution >= 4 is 11.8 Å². The second kappa shape index (κ2) is 8.24. The number of ether oxygens (including phenoxy) is 1. The molecule has 0 saturated carbocycles. The highest BCUT2D eigenvalue weighted by Crippen LogP contribution is 2.27. The summed E-state index contributed by atoms with van der Waals surface area (Å²) in [7, 11) is 0. The highest BCUT2D eigenvalue weighted by molar-refractivity contribution is 5.90. The standard InChI is InChI=1S/C20H26N4O3/c1-13(2)14-3-5-16(6-4-14)27-12-19(25)24-9-7-15(8-10-24)17-11-18(20(21)26)23-22-17/h3-6,11,13,15H,7-10,12H2,1-2H3,(H2,21,26)(H,22,23). The third kappa shape index (κ3) is 4.67. The van der Waals surface area contributed by atoms with Gasteiger partial charge in [0.25, 0.3) is 11.8 Å². The topological polar surface area (TPSA) is 101 Å². The number of H-pyrrole nitrogens is 1. The molecule has 2 heterocycles. The van der Waals surface area contributed by atoms with Gasteiger partial charge in [-0.3, -0.25) is 14.7 Å². The van der Waals surface area contributed by atoms with Crippen LogP contribution in [0.5, 0.6) is 5.75 Å². The molecule has 7 heteroatoms. The molecule has 0 atom stereocenters. The van der Waals surface area contributed by atoms with Gasteiger partial charge in [0.1, 0.15) is 11.4 Å². The van der Waals surface area contributed by atoms with Crippen LogP contribution in [0.25, 0.3) is 0 Å². The van der Waals surface area contributed by atoms with Crippen LogP contribution in [-0.2, 0) is 4.79 Å². The molecule has 1 saturated heterocycles. The van der Waals surface area contributed by atoms with E-state index in [-0.39, 0.29) is 24.1 Å². The van der Waals surface area contributed by atoms with Crippen molar-refractivity contribution in [2.24, 2.45) is 5.73 Å². The Morgan fingerprint density at radius 1 is 1.26 bits per heavy atom. The highest BCUT2D eigenvalue weighted by atomic mass is 16.5. The second-order valence-electron chi connectivity index (χ2n) is 7.24. The summed E-state index contributed by atoms with van der Waals surface area (Å²) in [5.41, 5.74) is 7.63. The molecule has 1 aliphatic rings. The largest absolute Gasteiger partial charge is 0.484 e. The minimum atomic E-state index is -0.538. The van der Waals surface area contributed by atoms with Crippen LogP contribution < -0.4 is 10.5 Å². The van der Waals surface area contributed by atoms with Crippen molar-refractivity contribution in [3.05, 3.63) is 47.3 Å². The van der Waals surface area contributed by atoms with Gasteiger partial charge in [0.2, 0.25) is 0 Å². The maximum atomic E-state index is 12.4. The number of nitrogens with zero attached hydrogens (tertiary/aromatic N) is 2. The zero-order chi connectivity index (χ0) is 19.4. The first-order chi connectivity index (χ1) is 12.9. The minimum Gasteiger partial charge on any atom is -0.484 e. The van der Waals surface area contributed by atoms with E-state index in [9.17, 15) is 9.59 Å². The van der Waals surface area contributed by atoms with Gasteiger partial charge in [0.05, 0.1) is 0 Å². The predicted molar refractivity (Wildman–Crippen MR) is 102 cm³/mol. The van der Waals surface area contributed by atoms with Crippen molar-refractivity contribution in [3.63, 3.8) is 0 Å². The van der Waals surface area contributed by atoms with E-state index in [4.69, 9.17) is 10.5 Å². The Kier molecular flexibility index (Phi) is 5.78. The fraction of sp³-hybridized carbons (Fsp3) is 0.450. The Labute approximate surface area is 158 Å². The monoisotopic (exact) mass is 370 g/mol. The normalized spacial score (nSPS) is 15.1. The van der Waals surface area contributed by atoms with E-state index in [0.717, 1.165) is 18.5 Å². The van der Waals surface area contributed by atoms with Crippen LogP contribution in [-0.4, -0.2) is 46.6 Å². The first kappa shape index (κ1) is 18.9. The van der Waals surface area contributed by atoms with Crippen molar-refractivity contribution in [2.75, 3.05) is 19.7 Å². The molecule has 0 radical (unpaired) electrons. The summed E-state index contributed by atoms with van der Waals surface area (Å²) in [6, 6.07) is 9.57. The molecule has 1 fully saturated rings. The summed E-state index contributed by atoms with van der Waals surface area (Å²) >= 11 is 0.